The van der Waals surface area contributed by atoms with Gasteiger partial charge in [0, 0.05) is 37.2 Å². The SMILES string of the molecule is C/C=C(\C=C/C(C)CC)C(=O)N1CCN(C(=O)C(C)C)CC1C. The van der Waals surface area contributed by atoms with Crippen LogP contribution < -0.4 is 0 Å². The Morgan fingerprint density at radius 3 is 2.35 bits per heavy atom. The fraction of sp³-hybridized carbons (Fsp3) is 0.684. The summed E-state index contributed by atoms with van der Waals surface area (Å²) < 4.78 is 0. The molecule has 1 aliphatic rings. The second kappa shape index (κ2) is 8.90. The molecule has 0 saturated carbocycles. The maximum absolute atomic E-state index is 12.8. The zero-order valence-electron chi connectivity index (χ0n) is 15.5. The first-order chi connectivity index (χ1) is 10.8. The number of hydrogen-bond donors (Lipinski definition) is 0. The number of hydrogen-bond acceptors (Lipinski definition) is 2. The van der Waals surface area contributed by atoms with Gasteiger partial charge < -0.3 is 9.80 Å². The van der Waals surface area contributed by atoms with Crippen LogP contribution in [0.2, 0.25) is 0 Å². The van der Waals surface area contributed by atoms with Crippen molar-refractivity contribution in [1.82, 2.24) is 9.80 Å². The summed E-state index contributed by atoms with van der Waals surface area (Å²) in [6.07, 6.45) is 6.97. The van der Waals surface area contributed by atoms with Gasteiger partial charge in [-0.05, 0) is 19.8 Å². The van der Waals surface area contributed by atoms with Crippen LogP contribution in [0.15, 0.2) is 23.8 Å². The zero-order valence-corrected chi connectivity index (χ0v) is 15.5. The largest absolute Gasteiger partial charge is 0.339 e. The summed E-state index contributed by atoms with van der Waals surface area (Å²) in [4.78, 5) is 28.6. The molecule has 1 saturated heterocycles. The van der Waals surface area contributed by atoms with Gasteiger partial charge in [0.05, 0.1) is 0 Å². The van der Waals surface area contributed by atoms with Crippen molar-refractivity contribution < 1.29 is 9.59 Å². The molecule has 0 N–H and O–H groups in total. The van der Waals surface area contributed by atoms with Crippen molar-refractivity contribution in [3.05, 3.63) is 23.8 Å². The molecule has 2 unspecified atom stereocenters. The fourth-order valence-corrected chi connectivity index (χ4v) is 2.69. The van der Waals surface area contributed by atoms with Crippen LogP contribution in [0.5, 0.6) is 0 Å². The van der Waals surface area contributed by atoms with Crippen molar-refractivity contribution in [2.24, 2.45) is 11.8 Å². The second-order valence-corrected chi connectivity index (χ2v) is 6.78. The first-order valence-electron chi connectivity index (χ1n) is 8.76. The van der Waals surface area contributed by atoms with Gasteiger partial charge in [0.1, 0.15) is 0 Å². The molecule has 0 aromatic carbocycles. The Morgan fingerprint density at radius 1 is 1.22 bits per heavy atom. The molecule has 4 heteroatoms. The smallest absolute Gasteiger partial charge is 0.253 e. The van der Waals surface area contributed by atoms with E-state index >= 15 is 0 Å². The van der Waals surface area contributed by atoms with Gasteiger partial charge in [0.15, 0.2) is 0 Å². The lowest BCUT2D eigenvalue weighted by Gasteiger charge is -2.40. The van der Waals surface area contributed by atoms with E-state index in [0.717, 1.165) is 12.0 Å². The van der Waals surface area contributed by atoms with Crippen molar-refractivity contribution in [1.29, 1.82) is 0 Å². The Morgan fingerprint density at radius 2 is 1.87 bits per heavy atom. The van der Waals surface area contributed by atoms with E-state index in [0.29, 0.717) is 25.6 Å². The topological polar surface area (TPSA) is 40.6 Å². The molecule has 0 bridgehead atoms. The molecule has 1 fully saturated rings. The van der Waals surface area contributed by atoms with Crippen molar-refractivity contribution >= 4 is 11.8 Å². The highest BCUT2D eigenvalue weighted by Crippen LogP contribution is 2.16. The van der Waals surface area contributed by atoms with E-state index in [-0.39, 0.29) is 23.8 Å². The van der Waals surface area contributed by atoms with Crippen LogP contribution in [0.1, 0.15) is 48.0 Å². The maximum Gasteiger partial charge on any atom is 0.253 e. The van der Waals surface area contributed by atoms with E-state index in [4.69, 9.17) is 0 Å². The first kappa shape index (κ1) is 19.5. The Kier molecular flexibility index (Phi) is 7.53. The van der Waals surface area contributed by atoms with E-state index < -0.39 is 0 Å². The predicted molar refractivity (Wildman–Crippen MR) is 94.9 cm³/mol. The standard InChI is InChI=1S/C19H32N2O2/c1-7-15(5)9-10-17(8-2)19(23)21-12-11-20(13-16(21)6)18(22)14(3)4/h8-10,14-16H,7,11-13H2,1-6H3/b10-9-,17-8+. The molecule has 0 spiro atoms. The van der Waals surface area contributed by atoms with Crippen molar-refractivity contribution in [2.75, 3.05) is 19.6 Å². The van der Waals surface area contributed by atoms with E-state index in [1.807, 2.05) is 49.6 Å². The minimum absolute atomic E-state index is 0.00835. The molecule has 4 nitrogen and oxygen atoms in total. The quantitative estimate of drug-likeness (QED) is 0.576. The van der Waals surface area contributed by atoms with Crippen LogP contribution in [0, 0.1) is 11.8 Å². The van der Waals surface area contributed by atoms with E-state index in [9.17, 15) is 9.59 Å². The van der Waals surface area contributed by atoms with Crippen molar-refractivity contribution in [3.63, 3.8) is 0 Å². The summed E-state index contributed by atoms with van der Waals surface area (Å²) in [6, 6.07) is 0.0471. The predicted octanol–water partition coefficient (Wildman–Crippen LogP) is 3.25. The van der Waals surface area contributed by atoms with Gasteiger partial charge in [0.25, 0.3) is 5.91 Å². The second-order valence-electron chi connectivity index (χ2n) is 6.78. The first-order valence-corrected chi connectivity index (χ1v) is 8.76. The monoisotopic (exact) mass is 320 g/mol. The van der Waals surface area contributed by atoms with Crippen LogP contribution in [0.3, 0.4) is 0 Å². The van der Waals surface area contributed by atoms with Gasteiger partial charge in [0.2, 0.25) is 5.91 Å². The third-order valence-electron chi connectivity index (χ3n) is 4.50. The molecule has 2 atom stereocenters. The van der Waals surface area contributed by atoms with Crippen LogP contribution in [0.4, 0.5) is 0 Å². The van der Waals surface area contributed by atoms with Crippen LogP contribution >= 0.6 is 0 Å². The van der Waals surface area contributed by atoms with E-state index in [1.54, 1.807) is 0 Å². The van der Waals surface area contributed by atoms with Crippen LogP contribution in [0.25, 0.3) is 0 Å². The van der Waals surface area contributed by atoms with Crippen molar-refractivity contribution in [3.8, 4) is 0 Å². The summed E-state index contributed by atoms with van der Waals surface area (Å²) >= 11 is 0. The summed E-state index contributed by atoms with van der Waals surface area (Å²) in [5, 5.41) is 0. The Balaban J connectivity index is 2.74. The highest BCUT2D eigenvalue weighted by Gasteiger charge is 2.31. The fourth-order valence-electron chi connectivity index (χ4n) is 2.69. The van der Waals surface area contributed by atoms with Gasteiger partial charge in [-0.15, -0.1) is 0 Å². The summed E-state index contributed by atoms with van der Waals surface area (Å²) in [5.41, 5.74) is 0.737. The molecule has 1 aliphatic heterocycles. The van der Waals surface area contributed by atoms with Gasteiger partial charge in [-0.2, -0.15) is 0 Å². The third kappa shape index (κ3) is 5.22. The number of rotatable bonds is 5. The van der Waals surface area contributed by atoms with Gasteiger partial charge in [-0.3, -0.25) is 9.59 Å². The van der Waals surface area contributed by atoms with Gasteiger partial charge in [-0.1, -0.05) is 52.3 Å². The van der Waals surface area contributed by atoms with Crippen molar-refractivity contribution in [2.45, 2.75) is 54.0 Å². The number of piperazine rings is 1. The summed E-state index contributed by atoms with van der Waals surface area (Å²) in [7, 11) is 0. The number of carbonyl (C=O) groups is 2. The average molecular weight is 320 g/mol. The molecule has 1 rings (SSSR count). The summed E-state index contributed by atoms with van der Waals surface area (Å²) in [6.45, 7) is 13.9. The van der Waals surface area contributed by atoms with Crippen LogP contribution in [-0.4, -0.2) is 47.3 Å². The average Bonchev–Trinajstić information content (AvgIpc) is 2.53. The number of nitrogens with zero attached hydrogens (tertiary/aromatic N) is 2. The Hall–Kier alpha value is -1.58. The minimum atomic E-state index is 0.00835. The molecule has 0 aliphatic carbocycles. The molecule has 0 aromatic heterocycles. The zero-order chi connectivity index (χ0) is 17.6. The third-order valence-corrected chi connectivity index (χ3v) is 4.50. The minimum Gasteiger partial charge on any atom is -0.339 e. The Labute approximate surface area is 141 Å². The lowest BCUT2D eigenvalue weighted by Crippen LogP contribution is -2.56. The number of allylic oxidation sites excluding steroid dienone is 2. The van der Waals surface area contributed by atoms with E-state index in [2.05, 4.69) is 19.9 Å². The highest BCUT2D eigenvalue weighted by atomic mass is 16.2. The van der Waals surface area contributed by atoms with E-state index in [1.165, 1.54) is 0 Å². The molecular formula is C19H32N2O2. The lowest BCUT2D eigenvalue weighted by molar-refractivity contribution is -0.142. The molecule has 0 aromatic rings. The number of carbonyl (C=O) groups excluding carboxylic acids is 2. The van der Waals surface area contributed by atoms with Gasteiger partial charge in [-0.25, -0.2) is 0 Å². The lowest BCUT2D eigenvalue weighted by atomic mass is 10.0. The summed E-state index contributed by atoms with van der Waals surface area (Å²) in [5.74, 6) is 0.716. The molecule has 2 amide bonds. The normalized spacial score (nSPS) is 21.2. The molecule has 130 valence electrons. The Bertz CT molecular complexity index is 480. The maximum atomic E-state index is 12.8. The highest BCUT2D eigenvalue weighted by molar-refractivity contribution is 5.96. The number of amides is 2. The molecule has 0 radical (unpaired) electrons. The molecule has 1 heterocycles. The van der Waals surface area contributed by atoms with Gasteiger partial charge >= 0.3 is 0 Å². The molecular weight excluding hydrogens is 288 g/mol. The van der Waals surface area contributed by atoms with Crippen LogP contribution in [-0.2, 0) is 9.59 Å². The molecule has 23 heavy (non-hydrogen) atoms.